The average Bonchev–Trinajstić information content (AvgIpc) is 2.42. The van der Waals surface area contributed by atoms with Gasteiger partial charge in [-0.1, -0.05) is 24.3 Å². The van der Waals surface area contributed by atoms with Crippen LogP contribution in [0.3, 0.4) is 0 Å². The lowest BCUT2D eigenvalue weighted by Crippen LogP contribution is -2.18. The summed E-state index contributed by atoms with van der Waals surface area (Å²) in [6, 6.07) is 9.65. The molecule has 0 amide bonds. The van der Waals surface area contributed by atoms with E-state index >= 15 is 0 Å². The Morgan fingerprint density at radius 2 is 1.81 bits per heavy atom. The zero-order valence-corrected chi connectivity index (χ0v) is 13.2. The van der Waals surface area contributed by atoms with E-state index in [0.29, 0.717) is 12.2 Å². The predicted octanol–water partition coefficient (Wildman–Crippen LogP) is 4.20. The minimum atomic E-state index is -0.877. The first-order valence-electron chi connectivity index (χ1n) is 6.57. The van der Waals surface area contributed by atoms with Gasteiger partial charge in [-0.05, 0) is 47.0 Å². The number of halogens is 3. The molecule has 0 aliphatic heterocycles. The Labute approximate surface area is 131 Å². The molecule has 2 rings (SSSR count). The number of ether oxygens (including phenoxy) is 1. The smallest absolute Gasteiger partial charge is 0.165 e. The molecular formula is C16H16BrF2NO. The van der Waals surface area contributed by atoms with Crippen LogP contribution >= 0.6 is 15.9 Å². The lowest BCUT2D eigenvalue weighted by molar-refractivity contribution is 0.292. The van der Waals surface area contributed by atoms with E-state index in [1.807, 2.05) is 25.1 Å². The number of rotatable bonds is 5. The molecule has 2 N–H and O–H groups in total. The molecule has 2 aromatic carbocycles. The molecule has 0 fully saturated rings. The summed E-state index contributed by atoms with van der Waals surface area (Å²) in [5.74, 6) is -1.14. The molecule has 0 heterocycles. The zero-order chi connectivity index (χ0) is 15.4. The van der Waals surface area contributed by atoms with Crippen molar-refractivity contribution >= 4 is 15.9 Å². The van der Waals surface area contributed by atoms with Crippen LogP contribution in [0.2, 0.25) is 0 Å². The van der Waals surface area contributed by atoms with Crippen molar-refractivity contribution in [2.24, 2.45) is 5.73 Å². The minimum Gasteiger partial charge on any atom is -0.487 e. The van der Waals surface area contributed by atoms with Gasteiger partial charge in [0.1, 0.15) is 12.4 Å². The Hall–Kier alpha value is -1.46. The number of benzene rings is 2. The molecule has 0 aromatic heterocycles. The first-order valence-corrected chi connectivity index (χ1v) is 7.37. The summed E-state index contributed by atoms with van der Waals surface area (Å²) in [5.41, 5.74) is 6.92. The summed E-state index contributed by atoms with van der Waals surface area (Å²) in [5, 5.41) is 0. The summed E-state index contributed by atoms with van der Waals surface area (Å²) in [4.78, 5) is 0. The summed E-state index contributed by atoms with van der Waals surface area (Å²) >= 11 is 3.41. The van der Waals surface area contributed by atoms with E-state index in [1.165, 1.54) is 12.1 Å². The van der Waals surface area contributed by atoms with E-state index in [2.05, 4.69) is 15.9 Å². The molecular weight excluding hydrogens is 340 g/mol. The molecule has 0 aliphatic carbocycles. The van der Waals surface area contributed by atoms with Crippen molar-refractivity contribution in [3.8, 4) is 5.75 Å². The standard InChI is InChI=1S/C16H16BrF2NO/c1-10(20)8-11-4-2-6-13(17)16(11)21-9-12-5-3-7-14(18)15(12)19/h2-7,10H,8-9,20H2,1H3. The van der Waals surface area contributed by atoms with Gasteiger partial charge in [0.15, 0.2) is 11.6 Å². The second-order valence-corrected chi connectivity index (χ2v) is 5.77. The quantitative estimate of drug-likeness (QED) is 0.872. The lowest BCUT2D eigenvalue weighted by Gasteiger charge is -2.15. The van der Waals surface area contributed by atoms with Crippen molar-refractivity contribution in [2.75, 3.05) is 0 Å². The van der Waals surface area contributed by atoms with E-state index in [0.717, 1.165) is 16.1 Å². The minimum absolute atomic E-state index is 0.0208. The fourth-order valence-corrected chi connectivity index (χ4v) is 2.55. The third-order valence-corrected chi connectivity index (χ3v) is 3.62. The van der Waals surface area contributed by atoms with Crippen molar-refractivity contribution in [3.63, 3.8) is 0 Å². The maximum Gasteiger partial charge on any atom is 0.165 e. The highest BCUT2D eigenvalue weighted by Gasteiger charge is 2.12. The van der Waals surface area contributed by atoms with Crippen molar-refractivity contribution in [3.05, 3.63) is 63.6 Å². The molecule has 0 spiro atoms. The van der Waals surface area contributed by atoms with E-state index in [9.17, 15) is 8.78 Å². The number of hydrogen-bond acceptors (Lipinski definition) is 2. The lowest BCUT2D eigenvalue weighted by atomic mass is 10.1. The molecule has 1 atom stereocenters. The van der Waals surface area contributed by atoms with Gasteiger partial charge in [0.25, 0.3) is 0 Å². The maximum atomic E-state index is 13.6. The van der Waals surface area contributed by atoms with Gasteiger partial charge in [-0.2, -0.15) is 0 Å². The van der Waals surface area contributed by atoms with E-state index in [1.54, 1.807) is 0 Å². The van der Waals surface area contributed by atoms with Crippen molar-refractivity contribution in [2.45, 2.75) is 26.0 Å². The van der Waals surface area contributed by atoms with Crippen LogP contribution in [0.25, 0.3) is 0 Å². The van der Waals surface area contributed by atoms with Gasteiger partial charge in [-0.3, -0.25) is 0 Å². The topological polar surface area (TPSA) is 35.2 Å². The Morgan fingerprint density at radius 3 is 2.52 bits per heavy atom. The van der Waals surface area contributed by atoms with Gasteiger partial charge < -0.3 is 10.5 Å². The van der Waals surface area contributed by atoms with Crippen molar-refractivity contribution in [1.29, 1.82) is 0 Å². The van der Waals surface area contributed by atoms with Crippen LogP contribution in [0.4, 0.5) is 8.78 Å². The highest BCUT2D eigenvalue weighted by atomic mass is 79.9. The van der Waals surface area contributed by atoms with Gasteiger partial charge in [-0.15, -0.1) is 0 Å². The van der Waals surface area contributed by atoms with Crippen LogP contribution in [0.5, 0.6) is 5.75 Å². The largest absolute Gasteiger partial charge is 0.487 e. The first kappa shape index (κ1) is 15.9. The van der Waals surface area contributed by atoms with Gasteiger partial charge in [-0.25, -0.2) is 8.78 Å². The monoisotopic (exact) mass is 355 g/mol. The average molecular weight is 356 g/mol. The molecule has 0 saturated heterocycles. The fourth-order valence-electron chi connectivity index (χ4n) is 2.03. The first-order chi connectivity index (χ1) is 9.99. The molecule has 1 unspecified atom stereocenters. The van der Waals surface area contributed by atoms with Gasteiger partial charge in [0.2, 0.25) is 0 Å². The molecule has 5 heteroatoms. The summed E-state index contributed by atoms with van der Waals surface area (Å²) in [7, 11) is 0. The molecule has 0 saturated carbocycles. The van der Waals surface area contributed by atoms with E-state index in [4.69, 9.17) is 10.5 Å². The highest BCUT2D eigenvalue weighted by molar-refractivity contribution is 9.10. The van der Waals surface area contributed by atoms with Crippen molar-refractivity contribution in [1.82, 2.24) is 0 Å². The van der Waals surface area contributed by atoms with Gasteiger partial charge in [0, 0.05) is 11.6 Å². The predicted molar refractivity (Wildman–Crippen MR) is 82.2 cm³/mol. The fraction of sp³-hybridized carbons (Fsp3) is 0.250. The van der Waals surface area contributed by atoms with Crippen LogP contribution in [-0.4, -0.2) is 6.04 Å². The molecule has 2 nitrogen and oxygen atoms in total. The maximum absolute atomic E-state index is 13.6. The van der Waals surface area contributed by atoms with Crippen LogP contribution in [0.1, 0.15) is 18.1 Å². The Balaban J connectivity index is 2.21. The third-order valence-electron chi connectivity index (χ3n) is 2.99. The van der Waals surface area contributed by atoms with Crippen molar-refractivity contribution < 1.29 is 13.5 Å². The van der Waals surface area contributed by atoms with E-state index < -0.39 is 11.6 Å². The molecule has 0 bridgehead atoms. The molecule has 2 aromatic rings. The van der Waals surface area contributed by atoms with Gasteiger partial charge in [0.05, 0.1) is 4.47 Å². The normalized spacial score (nSPS) is 12.2. The van der Waals surface area contributed by atoms with Gasteiger partial charge >= 0.3 is 0 Å². The summed E-state index contributed by atoms with van der Waals surface area (Å²) < 4.78 is 33.3. The van der Waals surface area contributed by atoms with Crippen LogP contribution < -0.4 is 10.5 Å². The Kier molecular flexibility index (Phi) is 5.31. The number of para-hydroxylation sites is 1. The second kappa shape index (κ2) is 7.00. The van der Waals surface area contributed by atoms with E-state index in [-0.39, 0.29) is 18.2 Å². The Morgan fingerprint density at radius 1 is 1.14 bits per heavy atom. The SMILES string of the molecule is CC(N)Cc1cccc(Br)c1OCc1cccc(F)c1F. The Bertz CT molecular complexity index is 632. The molecule has 0 radical (unpaired) electrons. The highest BCUT2D eigenvalue weighted by Crippen LogP contribution is 2.31. The van der Waals surface area contributed by atoms with Crippen LogP contribution in [0.15, 0.2) is 40.9 Å². The number of hydrogen-bond donors (Lipinski definition) is 1. The van der Waals surface area contributed by atoms with Crippen LogP contribution in [-0.2, 0) is 13.0 Å². The summed E-state index contributed by atoms with van der Waals surface area (Å²) in [6.45, 7) is 1.86. The zero-order valence-electron chi connectivity index (χ0n) is 11.6. The second-order valence-electron chi connectivity index (χ2n) is 4.91. The van der Waals surface area contributed by atoms with Crippen LogP contribution in [0, 0.1) is 11.6 Å². The number of nitrogens with two attached hydrogens (primary N) is 1. The molecule has 21 heavy (non-hydrogen) atoms. The molecule has 0 aliphatic rings. The third kappa shape index (κ3) is 4.02. The molecule has 112 valence electrons. The summed E-state index contributed by atoms with van der Waals surface area (Å²) in [6.07, 6.45) is 0.639.